The maximum Gasteiger partial charge on any atom is 0.417 e. The lowest BCUT2D eigenvalue weighted by Gasteiger charge is -2.12. The van der Waals surface area contributed by atoms with Gasteiger partial charge in [0.1, 0.15) is 12.1 Å². The highest BCUT2D eigenvalue weighted by Gasteiger charge is 2.33. The maximum absolute atomic E-state index is 12.9. The lowest BCUT2D eigenvalue weighted by molar-refractivity contribution is -0.137. The zero-order valence-electron chi connectivity index (χ0n) is 13.0. The molecule has 0 unspecified atom stereocenters. The molecule has 0 bridgehead atoms. The molecule has 1 heterocycles. The molecule has 9 heteroatoms. The van der Waals surface area contributed by atoms with Crippen LogP contribution in [0.2, 0.25) is 5.02 Å². The summed E-state index contributed by atoms with van der Waals surface area (Å²) >= 11 is 5.61. The fraction of sp³-hybridized carbons (Fsp3) is 0.118. The SMILES string of the molecule is O=C(O)c1cccc2c(NCc3ccc(Cl)c(C(F)(F)F)c3)ncnc12. The largest absolute Gasteiger partial charge is 0.478 e. The Balaban J connectivity index is 1.92. The molecule has 3 rings (SSSR count). The van der Waals surface area contributed by atoms with Crippen molar-refractivity contribution >= 4 is 34.3 Å². The summed E-state index contributed by atoms with van der Waals surface area (Å²) in [4.78, 5) is 19.3. The molecule has 0 aliphatic heterocycles. The minimum Gasteiger partial charge on any atom is -0.478 e. The number of carbonyl (C=O) groups is 1. The summed E-state index contributed by atoms with van der Waals surface area (Å²) in [5.74, 6) is -0.811. The van der Waals surface area contributed by atoms with E-state index in [1.165, 1.54) is 24.5 Å². The number of aromatic carboxylic acids is 1. The predicted molar refractivity (Wildman–Crippen MR) is 90.3 cm³/mol. The van der Waals surface area contributed by atoms with E-state index in [4.69, 9.17) is 11.6 Å². The Hall–Kier alpha value is -2.87. The molecule has 0 fully saturated rings. The van der Waals surface area contributed by atoms with Gasteiger partial charge in [0.05, 0.1) is 21.7 Å². The van der Waals surface area contributed by atoms with Gasteiger partial charge in [0.25, 0.3) is 0 Å². The number of nitrogens with one attached hydrogen (secondary N) is 1. The molecule has 26 heavy (non-hydrogen) atoms. The molecule has 3 aromatic rings. The van der Waals surface area contributed by atoms with Crippen molar-refractivity contribution in [1.29, 1.82) is 0 Å². The molecular weight excluding hydrogens is 371 g/mol. The molecule has 2 aromatic carbocycles. The number of benzene rings is 2. The number of hydrogen-bond donors (Lipinski definition) is 2. The molecule has 0 atom stereocenters. The standard InChI is InChI=1S/C17H11ClF3N3O2/c18-13-5-4-9(6-12(13)17(19,20)21)7-22-15-10-2-1-3-11(16(25)26)14(10)23-8-24-15/h1-6,8H,7H2,(H,25,26)(H,22,23,24). The molecule has 0 amide bonds. The molecule has 134 valence electrons. The van der Waals surface area contributed by atoms with E-state index in [0.717, 1.165) is 6.07 Å². The number of carboxylic acids is 1. The third-order valence-corrected chi connectivity index (χ3v) is 4.02. The van der Waals surface area contributed by atoms with E-state index in [-0.39, 0.29) is 22.6 Å². The Bertz CT molecular complexity index is 993. The van der Waals surface area contributed by atoms with Crippen LogP contribution in [0.3, 0.4) is 0 Å². The number of hydrogen-bond acceptors (Lipinski definition) is 4. The quantitative estimate of drug-likeness (QED) is 0.690. The smallest absolute Gasteiger partial charge is 0.417 e. The first kappa shape index (κ1) is 17.9. The second kappa shape index (κ2) is 6.80. The lowest BCUT2D eigenvalue weighted by Crippen LogP contribution is -2.09. The van der Waals surface area contributed by atoms with Crippen LogP contribution in [0.5, 0.6) is 0 Å². The van der Waals surface area contributed by atoms with Gasteiger partial charge < -0.3 is 10.4 Å². The number of anilines is 1. The Morgan fingerprint density at radius 2 is 1.96 bits per heavy atom. The van der Waals surface area contributed by atoms with Crippen LogP contribution in [-0.4, -0.2) is 21.0 Å². The van der Waals surface area contributed by atoms with Crippen LogP contribution < -0.4 is 5.32 Å². The van der Waals surface area contributed by atoms with Crippen molar-refractivity contribution in [3.63, 3.8) is 0 Å². The van der Waals surface area contributed by atoms with Gasteiger partial charge in [-0.05, 0) is 29.8 Å². The normalized spacial score (nSPS) is 11.5. The summed E-state index contributed by atoms with van der Waals surface area (Å²) in [5, 5.41) is 12.2. The third kappa shape index (κ3) is 3.55. The van der Waals surface area contributed by atoms with E-state index in [1.807, 2.05) is 0 Å². The monoisotopic (exact) mass is 381 g/mol. The highest BCUT2D eigenvalue weighted by Crippen LogP contribution is 2.35. The third-order valence-electron chi connectivity index (χ3n) is 3.69. The molecule has 1 aromatic heterocycles. The molecular formula is C17H11ClF3N3O2. The fourth-order valence-corrected chi connectivity index (χ4v) is 2.71. The molecule has 0 aliphatic carbocycles. The van der Waals surface area contributed by atoms with Crippen molar-refractivity contribution in [1.82, 2.24) is 9.97 Å². The molecule has 5 nitrogen and oxygen atoms in total. The topological polar surface area (TPSA) is 75.1 Å². The number of halogens is 4. The summed E-state index contributed by atoms with van der Waals surface area (Å²) in [5.41, 5.74) is -0.314. The number of nitrogens with zero attached hydrogens (tertiary/aromatic N) is 2. The number of rotatable bonds is 4. The van der Waals surface area contributed by atoms with E-state index >= 15 is 0 Å². The predicted octanol–water partition coefficient (Wildman–Crippen LogP) is 4.61. The highest BCUT2D eigenvalue weighted by atomic mass is 35.5. The molecule has 0 saturated heterocycles. The molecule has 0 radical (unpaired) electrons. The van der Waals surface area contributed by atoms with Crippen LogP contribution in [0, 0.1) is 0 Å². The second-order valence-corrected chi connectivity index (χ2v) is 5.80. The minimum absolute atomic E-state index is 0.0128. The molecule has 0 spiro atoms. The molecule has 0 saturated carbocycles. The van der Waals surface area contributed by atoms with Crippen molar-refractivity contribution in [3.05, 3.63) is 64.4 Å². The van der Waals surface area contributed by atoms with Crippen molar-refractivity contribution < 1.29 is 23.1 Å². The van der Waals surface area contributed by atoms with Crippen LogP contribution in [0.4, 0.5) is 19.0 Å². The summed E-state index contributed by atoms with van der Waals surface area (Å²) < 4.78 is 38.8. The second-order valence-electron chi connectivity index (χ2n) is 5.39. The first-order valence-electron chi connectivity index (χ1n) is 7.34. The first-order valence-corrected chi connectivity index (χ1v) is 7.71. The Morgan fingerprint density at radius 1 is 1.19 bits per heavy atom. The van der Waals surface area contributed by atoms with Gasteiger partial charge in [0.15, 0.2) is 0 Å². The van der Waals surface area contributed by atoms with E-state index < -0.39 is 17.7 Å². The Labute approximate surface area is 150 Å². The average Bonchev–Trinajstić information content (AvgIpc) is 2.59. The molecule has 2 N–H and O–H groups in total. The summed E-state index contributed by atoms with van der Waals surface area (Å²) in [7, 11) is 0. The number of fused-ring (bicyclic) bond motifs is 1. The van der Waals surface area contributed by atoms with E-state index in [1.54, 1.807) is 12.1 Å². The lowest BCUT2D eigenvalue weighted by atomic mass is 10.1. The van der Waals surface area contributed by atoms with Gasteiger partial charge in [-0.1, -0.05) is 23.7 Å². The van der Waals surface area contributed by atoms with Crippen molar-refractivity contribution in [2.24, 2.45) is 0 Å². The number of aromatic nitrogens is 2. The Kier molecular flexibility index (Phi) is 4.69. The van der Waals surface area contributed by atoms with Crippen LogP contribution in [0.15, 0.2) is 42.7 Å². The van der Waals surface area contributed by atoms with Gasteiger partial charge in [-0.3, -0.25) is 0 Å². The van der Waals surface area contributed by atoms with Crippen LogP contribution >= 0.6 is 11.6 Å². The van der Waals surface area contributed by atoms with Gasteiger partial charge in [0, 0.05) is 11.9 Å². The van der Waals surface area contributed by atoms with Gasteiger partial charge in [-0.25, -0.2) is 14.8 Å². The Morgan fingerprint density at radius 3 is 2.65 bits per heavy atom. The number of alkyl halides is 3. The van der Waals surface area contributed by atoms with Crippen molar-refractivity contribution in [2.75, 3.05) is 5.32 Å². The van der Waals surface area contributed by atoms with E-state index in [2.05, 4.69) is 15.3 Å². The van der Waals surface area contributed by atoms with Gasteiger partial charge in [-0.2, -0.15) is 13.2 Å². The van der Waals surface area contributed by atoms with E-state index in [9.17, 15) is 23.1 Å². The number of carboxylic acid groups (broad SMARTS) is 1. The van der Waals surface area contributed by atoms with Crippen LogP contribution in [0.1, 0.15) is 21.5 Å². The van der Waals surface area contributed by atoms with Crippen LogP contribution in [-0.2, 0) is 12.7 Å². The average molecular weight is 382 g/mol. The molecule has 0 aliphatic rings. The summed E-state index contributed by atoms with van der Waals surface area (Å²) in [6.07, 6.45) is -3.36. The summed E-state index contributed by atoms with van der Waals surface area (Å²) in [6, 6.07) is 8.20. The van der Waals surface area contributed by atoms with Gasteiger partial charge >= 0.3 is 12.1 Å². The summed E-state index contributed by atoms with van der Waals surface area (Å²) in [6.45, 7) is 0.0453. The van der Waals surface area contributed by atoms with E-state index in [0.29, 0.717) is 16.8 Å². The highest BCUT2D eigenvalue weighted by molar-refractivity contribution is 6.31. The number of para-hydroxylation sites is 1. The fourth-order valence-electron chi connectivity index (χ4n) is 2.49. The van der Waals surface area contributed by atoms with Crippen molar-refractivity contribution in [3.8, 4) is 0 Å². The van der Waals surface area contributed by atoms with Gasteiger partial charge in [-0.15, -0.1) is 0 Å². The maximum atomic E-state index is 12.9. The zero-order valence-corrected chi connectivity index (χ0v) is 13.8. The first-order chi connectivity index (χ1) is 12.3. The van der Waals surface area contributed by atoms with Crippen LogP contribution in [0.25, 0.3) is 10.9 Å². The minimum atomic E-state index is -4.55. The zero-order chi connectivity index (χ0) is 18.9. The van der Waals surface area contributed by atoms with Gasteiger partial charge in [0.2, 0.25) is 0 Å². The van der Waals surface area contributed by atoms with Crippen molar-refractivity contribution in [2.45, 2.75) is 12.7 Å².